The van der Waals surface area contributed by atoms with Crippen LogP contribution < -0.4 is 0 Å². The van der Waals surface area contributed by atoms with Crippen LogP contribution in [0.3, 0.4) is 0 Å². The largest absolute Gasteiger partial charge is 0.388 e. The van der Waals surface area contributed by atoms with E-state index < -0.39 is 6.10 Å². The minimum absolute atomic E-state index is 0.134. The number of aliphatic hydroxyl groups is 1. The highest BCUT2D eigenvalue weighted by atomic mass is 16.6. The van der Waals surface area contributed by atoms with Gasteiger partial charge in [-0.25, -0.2) is 4.68 Å². The smallest absolute Gasteiger partial charge is 0.182 e. The molecule has 27 heavy (non-hydrogen) atoms. The molecule has 4 heterocycles. The lowest BCUT2D eigenvalue weighted by atomic mass is 10.1. The van der Waals surface area contributed by atoms with E-state index in [9.17, 15) is 5.11 Å². The summed E-state index contributed by atoms with van der Waals surface area (Å²) in [6.07, 6.45) is -1.11. The van der Waals surface area contributed by atoms with Gasteiger partial charge in [-0.2, -0.15) is 0 Å². The van der Waals surface area contributed by atoms with Crippen molar-refractivity contribution in [3.05, 3.63) is 29.8 Å². The van der Waals surface area contributed by atoms with Crippen molar-refractivity contribution in [3.8, 4) is 11.4 Å². The Kier molecular flexibility index (Phi) is 4.62. The Bertz CT molecular complexity index is 776. The zero-order chi connectivity index (χ0) is 18.2. The standard InChI is InChI=1S/C18H23N5O4/c24-15-11-27-16-14(10-26-17(15)16)23-18(19-20-21-23)13-3-1-12(2-4-13)9-22-5-7-25-8-6-22/h1-4,14-17,24H,5-11H2/t14-,15+,16+,17+/m0/s1. The number of tetrazole rings is 1. The van der Waals surface area contributed by atoms with Gasteiger partial charge in [-0.1, -0.05) is 24.3 Å². The van der Waals surface area contributed by atoms with Crippen molar-refractivity contribution in [1.82, 2.24) is 25.1 Å². The summed E-state index contributed by atoms with van der Waals surface area (Å²) in [5.41, 5.74) is 2.21. The lowest BCUT2D eigenvalue weighted by Crippen LogP contribution is -2.35. The van der Waals surface area contributed by atoms with Crippen LogP contribution in [0.15, 0.2) is 24.3 Å². The monoisotopic (exact) mass is 373 g/mol. The maximum atomic E-state index is 9.94. The number of ether oxygens (including phenoxy) is 3. The van der Waals surface area contributed by atoms with Gasteiger partial charge in [0.05, 0.1) is 26.4 Å². The highest BCUT2D eigenvalue weighted by molar-refractivity contribution is 5.55. The number of fused-ring (bicyclic) bond motifs is 1. The van der Waals surface area contributed by atoms with Crippen LogP contribution in [0.4, 0.5) is 0 Å². The molecule has 0 spiro atoms. The summed E-state index contributed by atoms with van der Waals surface area (Å²) in [6, 6.07) is 8.21. The molecule has 0 unspecified atom stereocenters. The molecule has 3 aliphatic heterocycles. The summed E-state index contributed by atoms with van der Waals surface area (Å²) in [5, 5.41) is 22.2. The van der Waals surface area contributed by atoms with Crippen molar-refractivity contribution in [3.63, 3.8) is 0 Å². The molecule has 3 saturated heterocycles. The normalized spacial score (nSPS) is 31.3. The molecule has 0 amide bonds. The number of rotatable bonds is 4. The Labute approximate surface area is 156 Å². The van der Waals surface area contributed by atoms with E-state index in [2.05, 4.69) is 44.7 Å². The van der Waals surface area contributed by atoms with E-state index in [1.165, 1.54) is 5.56 Å². The van der Waals surface area contributed by atoms with Crippen LogP contribution in [0.25, 0.3) is 11.4 Å². The molecule has 0 bridgehead atoms. The Balaban J connectivity index is 1.33. The van der Waals surface area contributed by atoms with Gasteiger partial charge in [-0.15, -0.1) is 5.10 Å². The van der Waals surface area contributed by atoms with Crippen molar-refractivity contribution in [2.45, 2.75) is 30.9 Å². The fraction of sp³-hybridized carbons (Fsp3) is 0.611. The highest BCUT2D eigenvalue weighted by Gasteiger charge is 2.49. The van der Waals surface area contributed by atoms with Crippen LogP contribution >= 0.6 is 0 Å². The number of hydrogen-bond acceptors (Lipinski definition) is 8. The van der Waals surface area contributed by atoms with E-state index in [1.54, 1.807) is 4.68 Å². The summed E-state index contributed by atoms with van der Waals surface area (Å²) in [7, 11) is 0. The predicted molar refractivity (Wildman–Crippen MR) is 93.9 cm³/mol. The summed E-state index contributed by atoms with van der Waals surface area (Å²) >= 11 is 0. The molecular weight excluding hydrogens is 350 g/mol. The maximum Gasteiger partial charge on any atom is 0.182 e. The second-order valence-electron chi connectivity index (χ2n) is 7.26. The van der Waals surface area contributed by atoms with Crippen molar-refractivity contribution in [2.24, 2.45) is 0 Å². The average molecular weight is 373 g/mol. The lowest BCUT2D eigenvalue weighted by molar-refractivity contribution is 0.0169. The summed E-state index contributed by atoms with van der Waals surface area (Å²) in [6.45, 7) is 5.18. The predicted octanol–water partition coefficient (Wildman–Crippen LogP) is -0.128. The third-order valence-corrected chi connectivity index (χ3v) is 5.53. The van der Waals surface area contributed by atoms with Gasteiger partial charge in [-0.3, -0.25) is 4.90 Å². The van der Waals surface area contributed by atoms with Gasteiger partial charge in [0, 0.05) is 25.2 Å². The van der Waals surface area contributed by atoms with Gasteiger partial charge in [0.2, 0.25) is 0 Å². The third kappa shape index (κ3) is 3.26. The molecule has 0 aliphatic carbocycles. The zero-order valence-corrected chi connectivity index (χ0v) is 15.0. The molecule has 4 atom stereocenters. The van der Waals surface area contributed by atoms with Crippen molar-refractivity contribution in [2.75, 3.05) is 39.5 Å². The van der Waals surface area contributed by atoms with Crippen molar-refractivity contribution in [1.29, 1.82) is 0 Å². The molecule has 0 radical (unpaired) electrons. The summed E-state index contributed by atoms with van der Waals surface area (Å²) < 4.78 is 18.6. The molecule has 3 aliphatic rings. The number of aromatic nitrogens is 4. The van der Waals surface area contributed by atoms with Crippen LogP contribution in [-0.2, 0) is 20.8 Å². The first kappa shape index (κ1) is 17.2. The SMILES string of the molecule is O[C@@H]1CO[C@H]2[C@@H]1OC[C@@H]2n1nnnc1-c1ccc(CN2CCOCC2)cc1. The minimum atomic E-state index is -0.584. The van der Waals surface area contributed by atoms with E-state index >= 15 is 0 Å². The lowest BCUT2D eigenvalue weighted by Gasteiger charge is -2.26. The topological polar surface area (TPSA) is 94.8 Å². The second kappa shape index (κ2) is 7.25. The quantitative estimate of drug-likeness (QED) is 0.792. The number of aliphatic hydroxyl groups excluding tert-OH is 1. The van der Waals surface area contributed by atoms with E-state index in [-0.39, 0.29) is 18.2 Å². The molecule has 0 saturated carbocycles. The molecule has 3 fully saturated rings. The number of benzene rings is 1. The van der Waals surface area contributed by atoms with Crippen LogP contribution in [-0.4, -0.2) is 88.0 Å². The molecule has 5 rings (SSSR count). The molecule has 1 N–H and O–H groups in total. The maximum absolute atomic E-state index is 9.94. The van der Waals surface area contributed by atoms with Gasteiger partial charge in [0.1, 0.15) is 24.4 Å². The molecule has 1 aromatic heterocycles. The number of hydrogen-bond donors (Lipinski definition) is 1. The fourth-order valence-corrected chi connectivity index (χ4v) is 4.05. The Morgan fingerprint density at radius 1 is 1.04 bits per heavy atom. The number of nitrogens with zero attached hydrogens (tertiary/aromatic N) is 5. The third-order valence-electron chi connectivity index (χ3n) is 5.53. The minimum Gasteiger partial charge on any atom is -0.388 e. The highest BCUT2D eigenvalue weighted by Crippen LogP contribution is 2.35. The second-order valence-corrected chi connectivity index (χ2v) is 7.26. The molecule has 9 nitrogen and oxygen atoms in total. The molecule has 1 aromatic carbocycles. The van der Waals surface area contributed by atoms with Crippen LogP contribution in [0.2, 0.25) is 0 Å². The van der Waals surface area contributed by atoms with Gasteiger partial charge in [0.15, 0.2) is 5.82 Å². The first-order valence-corrected chi connectivity index (χ1v) is 9.38. The van der Waals surface area contributed by atoms with E-state index in [0.717, 1.165) is 38.4 Å². The van der Waals surface area contributed by atoms with E-state index in [1.807, 2.05) is 0 Å². The van der Waals surface area contributed by atoms with Crippen LogP contribution in [0, 0.1) is 0 Å². The zero-order valence-electron chi connectivity index (χ0n) is 15.0. The Morgan fingerprint density at radius 2 is 1.81 bits per heavy atom. The van der Waals surface area contributed by atoms with E-state index in [0.29, 0.717) is 19.0 Å². The summed E-state index contributed by atoms with van der Waals surface area (Å²) in [4.78, 5) is 2.39. The van der Waals surface area contributed by atoms with Gasteiger partial charge < -0.3 is 19.3 Å². The Morgan fingerprint density at radius 3 is 2.63 bits per heavy atom. The summed E-state index contributed by atoms with van der Waals surface area (Å²) in [5.74, 6) is 0.687. The molecule has 2 aromatic rings. The number of morpholine rings is 1. The van der Waals surface area contributed by atoms with Crippen molar-refractivity contribution >= 4 is 0 Å². The van der Waals surface area contributed by atoms with Gasteiger partial charge in [-0.05, 0) is 16.0 Å². The van der Waals surface area contributed by atoms with Crippen LogP contribution in [0.1, 0.15) is 11.6 Å². The molecular formula is C18H23N5O4. The van der Waals surface area contributed by atoms with E-state index in [4.69, 9.17) is 14.2 Å². The van der Waals surface area contributed by atoms with Gasteiger partial charge in [0.25, 0.3) is 0 Å². The fourth-order valence-electron chi connectivity index (χ4n) is 4.05. The van der Waals surface area contributed by atoms with Crippen molar-refractivity contribution < 1.29 is 19.3 Å². The molecule has 9 heteroatoms. The van der Waals surface area contributed by atoms with Gasteiger partial charge >= 0.3 is 0 Å². The first-order valence-electron chi connectivity index (χ1n) is 9.38. The molecule has 144 valence electrons. The van der Waals surface area contributed by atoms with Crippen LogP contribution in [0.5, 0.6) is 0 Å². The average Bonchev–Trinajstić information content (AvgIpc) is 3.41. The first-order chi connectivity index (χ1) is 13.3. The Hall–Kier alpha value is -1.91.